The molecule has 9 heteroatoms. The molecule has 3 atom stereocenters. The van der Waals surface area contributed by atoms with Crippen molar-refractivity contribution in [1.82, 2.24) is 21.3 Å². The summed E-state index contributed by atoms with van der Waals surface area (Å²) in [5, 5.41) is 12.3. The van der Waals surface area contributed by atoms with Crippen LogP contribution in [0.2, 0.25) is 0 Å². The highest BCUT2D eigenvalue weighted by Crippen LogP contribution is 2.31. The molecule has 42 heavy (non-hydrogen) atoms. The lowest BCUT2D eigenvalue weighted by atomic mass is 9.92. The quantitative estimate of drug-likeness (QED) is 0.419. The summed E-state index contributed by atoms with van der Waals surface area (Å²) in [6.07, 6.45) is 7.19. The Morgan fingerprint density at radius 3 is 2.50 bits per heavy atom. The van der Waals surface area contributed by atoms with Gasteiger partial charge in [0.25, 0.3) is 0 Å². The summed E-state index contributed by atoms with van der Waals surface area (Å²) < 4.78 is 11.9. The van der Waals surface area contributed by atoms with Crippen LogP contribution in [-0.4, -0.2) is 61.6 Å². The zero-order valence-corrected chi connectivity index (χ0v) is 24.7. The van der Waals surface area contributed by atoms with Crippen molar-refractivity contribution in [2.45, 2.75) is 70.2 Å². The molecule has 0 radical (unpaired) electrons. The third-order valence-corrected chi connectivity index (χ3v) is 8.10. The molecule has 0 saturated heterocycles. The summed E-state index contributed by atoms with van der Waals surface area (Å²) in [6.45, 7) is 5.47. The highest BCUT2D eigenvalue weighted by molar-refractivity contribution is 5.96. The Labute approximate surface area is 248 Å². The molecule has 4 rings (SSSR count). The molecule has 1 heterocycles. The average Bonchev–Trinajstić information content (AvgIpc) is 3.48. The number of benzene rings is 2. The number of amides is 3. The van der Waals surface area contributed by atoms with Crippen molar-refractivity contribution >= 4 is 23.8 Å². The summed E-state index contributed by atoms with van der Waals surface area (Å²) >= 11 is 0. The molecule has 226 valence electrons. The van der Waals surface area contributed by atoms with Crippen LogP contribution in [-0.2, 0) is 25.7 Å². The van der Waals surface area contributed by atoms with Gasteiger partial charge in [-0.2, -0.15) is 0 Å². The van der Waals surface area contributed by atoms with Gasteiger partial charge in [-0.1, -0.05) is 93.8 Å². The van der Waals surface area contributed by atoms with E-state index >= 15 is 0 Å². The number of para-hydroxylation sites is 1. The van der Waals surface area contributed by atoms with E-state index in [0.717, 1.165) is 36.1 Å². The van der Waals surface area contributed by atoms with Crippen LogP contribution in [0.25, 0.3) is 6.08 Å². The van der Waals surface area contributed by atoms with Crippen LogP contribution in [0.4, 0.5) is 0 Å². The fourth-order valence-corrected chi connectivity index (χ4v) is 5.43. The summed E-state index contributed by atoms with van der Waals surface area (Å²) in [4.78, 5) is 40.8. The van der Waals surface area contributed by atoms with Gasteiger partial charge in [0.05, 0.1) is 19.3 Å². The monoisotopic (exact) mass is 576 g/mol. The minimum Gasteiger partial charge on any atom is -0.492 e. The maximum atomic E-state index is 13.8. The number of ether oxygens (including phenoxy) is 2. The second-order valence-corrected chi connectivity index (χ2v) is 11.2. The Bertz CT molecular complexity index is 1210. The number of carbonyl (C=O) groups is 3. The average molecular weight is 577 g/mol. The summed E-state index contributed by atoms with van der Waals surface area (Å²) in [6, 6.07) is 15.9. The van der Waals surface area contributed by atoms with Crippen molar-refractivity contribution < 1.29 is 23.9 Å². The van der Waals surface area contributed by atoms with E-state index in [0.29, 0.717) is 32.6 Å². The van der Waals surface area contributed by atoms with Gasteiger partial charge in [-0.25, -0.2) is 0 Å². The van der Waals surface area contributed by atoms with E-state index in [1.165, 1.54) is 0 Å². The summed E-state index contributed by atoms with van der Waals surface area (Å²) in [5.74, 6) is -0.166. The predicted molar refractivity (Wildman–Crippen MR) is 163 cm³/mol. The van der Waals surface area contributed by atoms with E-state index in [2.05, 4.69) is 21.3 Å². The molecule has 1 saturated carbocycles. The third-order valence-electron chi connectivity index (χ3n) is 8.10. The molecule has 1 fully saturated rings. The molecule has 2 aromatic rings. The second kappa shape index (κ2) is 15.5. The summed E-state index contributed by atoms with van der Waals surface area (Å²) in [5.41, 5.74) is 0.767. The molecule has 1 aliphatic carbocycles. The van der Waals surface area contributed by atoms with Crippen LogP contribution >= 0.6 is 0 Å². The molecular formula is C33H44N4O5. The van der Waals surface area contributed by atoms with Crippen molar-refractivity contribution in [1.29, 1.82) is 0 Å². The van der Waals surface area contributed by atoms with Gasteiger partial charge in [-0.3, -0.25) is 14.4 Å². The molecule has 2 aliphatic rings. The van der Waals surface area contributed by atoms with Crippen molar-refractivity contribution in [3.05, 3.63) is 71.8 Å². The van der Waals surface area contributed by atoms with Crippen LogP contribution < -0.4 is 26.0 Å². The lowest BCUT2D eigenvalue weighted by Gasteiger charge is -2.34. The Hall–Kier alpha value is -3.69. The smallest absolute Gasteiger partial charge is 0.246 e. The number of fused-ring (bicyclic) bond motifs is 1. The van der Waals surface area contributed by atoms with Gasteiger partial charge in [-0.05, 0) is 30.4 Å². The highest BCUT2D eigenvalue weighted by Gasteiger charge is 2.45. The SMILES string of the molecule is CC[C@H](C)[C@@H]1NCCOc2ccccc2/C=C\CNC(=O)[C@H](COCc2ccccc2)NC(=O)C2(CCCC2)NC1=O. The molecule has 2 aromatic carbocycles. The van der Waals surface area contributed by atoms with Crippen molar-refractivity contribution in [2.75, 3.05) is 26.3 Å². The molecule has 3 amide bonds. The van der Waals surface area contributed by atoms with Gasteiger partial charge >= 0.3 is 0 Å². The van der Waals surface area contributed by atoms with Crippen molar-refractivity contribution in [2.24, 2.45) is 5.92 Å². The number of rotatable bonds is 6. The van der Waals surface area contributed by atoms with Gasteiger partial charge in [-0.15, -0.1) is 0 Å². The zero-order valence-electron chi connectivity index (χ0n) is 24.7. The first kappa shape index (κ1) is 31.3. The first-order chi connectivity index (χ1) is 20.4. The molecule has 0 bridgehead atoms. The van der Waals surface area contributed by atoms with Crippen molar-refractivity contribution in [3.63, 3.8) is 0 Å². The number of nitrogens with one attached hydrogen (secondary N) is 4. The predicted octanol–water partition coefficient (Wildman–Crippen LogP) is 3.34. The normalized spacial score (nSPS) is 23.3. The molecule has 1 aliphatic heterocycles. The maximum absolute atomic E-state index is 13.8. The Morgan fingerprint density at radius 1 is 1.00 bits per heavy atom. The third kappa shape index (κ3) is 8.42. The van der Waals surface area contributed by atoms with Gasteiger partial charge in [0.1, 0.15) is 23.9 Å². The fraction of sp³-hybridized carbons (Fsp3) is 0.485. The zero-order chi connectivity index (χ0) is 29.8. The van der Waals surface area contributed by atoms with Crippen LogP contribution in [0, 0.1) is 5.92 Å². The Kier molecular flexibility index (Phi) is 11.5. The van der Waals surface area contributed by atoms with Crippen LogP contribution in [0.15, 0.2) is 60.7 Å². The highest BCUT2D eigenvalue weighted by atomic mass is 16.5. The minimum atomic E-state index is -1.08. The van der Waals surface area contributed by atoms with Crippen LogP contribution in [0.3, 0.4) is 0 Å². The van der Waals surface area contributed by atoms with Crippen LogP contribution in [0.1, 0.15) is 57.1 Å². The van der Waals surface area contributed by atoms with Gasteiger partial charge < -0.3 is 30.7 Å². The first-order valence-electron chi connectivity index (χ1n) is 15.1. The lowest BCUT2D eigenvalue weighted by molar-refractivity contribution is -0.137. The van der Waals surface area contributed by atoms with E-state index in [9.17, 15) is 14.4 Å². The minimum absolute atomic E-state index is 0.00602. The fourth-order valence-electron chi connectivity index (χ4n) is 5.43. The topological polar surface area (TPSA) is 118 Å². The number of hydrogen-bond donors (Lipinski definition) is 4. The molecule has 4 N–H and O–H groups in total. The lowest BCUT2D eigenvalue weighted by Crippen LogP contribution is -2.64. The van der Waals surface area contributed by atoms with E-state index in [-0.39, 0.29) is 36.8 Å². The maximum Gasteiger partial charge on any atom is 0.246 e. The molecule has 9 nitrogen and oxygen atoms in total. The van der Waals surface area contributed by atoms with Crippen molar-refractivity contribution in [3.8, 4) is 5.75 Å². The van der Waals surface area contributed by atoms with Gasteiger partial charge in [0, 0.05) is 18.7 Å². The Balaban J connectivity index is 1.57. The van der Waals surface area contributed by atoms with E-state index < -0.39 is 17.6 Å². The van der Waals surface area contributed by atoms with Crippen LogP contribution in [0.5, 0.6) is 5.75 Å². The second-order valence-electron chi connectivity index (χ2n) is 11.2. The molecular weight excluding hydrogens is 532 g/mol. The molecule has 0 aromatic heterocycles. The standard InChI is InChI=1S/C33H44N4O5/c1-3-24(2)29-31(39)37-33(17-9-10-18-33)32(40)36-27(23-41-22-25-12-5-4-6-13-25)30(38)35-19-11-15-26-14-7-8-16-28(26)42-21-20-34-29/h4-8,11-16,24,27,29,34H,3,9-10,17-23H2,1-2H3,(H,35,38)(H,36,40)(H,37,39)/b15-11-/t24-,27-,29-/m0/s1. The molecule has 1 spiro atoms. The van der Waals surface area contributed by atoms with Gasteiger partial charge in [0.2, 0.25) is 17.7 Å². The van der Waals surface area contributed by atoms with E-state index in [1.54, 1.807) is 0 Å². The van der Waals surface area contributed by atoms with E-state index in [1.807, 2.05) is 80.6 Å². The Morgan fingerprint density at radius 2 is 1.74 bits per heavy atom. The number of hydrogen-bond acceptors (Lipinski definition) is 6. The van der Waals surface area contributed by atoms with E-state index in [4.69, 9.17) is 9.47 Å². The molecule has 0 unspecified atom stereocenters. The van der Waals surface area contributed by atoms with Gasteiger partial charge in [0.15, 0.2) is 0 Å². The largest absolute Gasteiger partial charge is 0.492 e. The summed E-state index contributed by atoms with van der Waals surface area (Å²) in [7, 11) is 0. The number of carbonyl (C=O) groups excluding carboxylic acids is 3. The first-order valence-corrected chi connectivity index (χ1v) is 15.1.